The van der Waals surface area contributed by atoms with Gasteiger partial charge in [-0.1, -0.05) is 51.0 Å². The molecule has 0 aliphatic heterocycles. The Morgan fingerprint density at radius 2 is 1.47 bits per heavy atom. The normalized spacial score (nSPS) is 12.6. The maximum absolute atomic E-state index is 3.40. The van der Waals surface area contributed by atoms with Crippen molar-refractivity contribution in [1.82, 2.24) is 5.32 Å². The van der Waals surface area contributed by atoms with Gasteiger partial charge in [-0.3, -0.25) is 0 Å². The van der Waals surface area contributed by atoms with Crippen molar-refractivity contribution < 1.29 is 0 Å². The molecule has 1 heteroatoms. The molecule has 0 aromatic heterocycles. The van der Waals surface area contributed by atoms with Crippen LogP contribution in [0.4, 0.5) is 0 Å². The van der Waals surface area contributed by atoms with Gasteiger partial charge in [0.25, 0.3) is 0 Å². The molecule has 0 radical (unpaired) electrons. The summed E-state index contributed by atoms with van der Waals surface area (Å²) in [5.74, 6) is 0. The predicted octanol–water partition coefficient (Wildman–Crippen LogP) is 3.96. The minimum absolute atomic E-state index is 0.676. The third-order valence-electron chi connectivity index (χ3n) is 3.39. The van der Waals surface area contributed by atoms with Gasteiger partial charge in [0.05, 0.1) is 0 Å². The van der Waals surface area contributed by atoms with E-state index in [0.717, 1.165) is 0 Å². The lowest BCUT2D eigenvalue weighted by atomic mass is 10.0. The van der Waals surface area contributed by atoms with Crippen molar-refractivity contribution in [2.75, 3.05) is 7.05 Å². The van der Waals surface area contributed by atoms with Crippen LogP contribution in [0.3, 0.4) is 0 Å². The van der Waals surface area contributed by atoms with Crippen molar-refractivity contribution in [1.29, 1.82) is 0 Å². The van der Waals surface area contributed by atoms with E-state index in [4.69, 9.17) is 0 Å². The molecule has 1 unspecified atom stereocenters. The van der Waals surface area contributed by atoms with E-state index < -0.39 is 0 Å². The maximum atomic E-state index is 3.40. The Balaban J connectivity index is 2.40. The topological polar surface area (TPSA) is 12.0 Å². The summed E-state index contributed by atoms with van der Waals surface area (Å²) in [4.78, 5) is 0. The molecule has 17 heavy (non-hydrogen) atoms. The summed E-state index contributed by atoms with van der Waals surface area (Å²) in [6.45, 7) is 4.49. The van der Waals surface area contributed by atoms with Gasteiger partial charge in [0, 0.05) is 6.04 Å². The lowest BCUT2D eigenvalue weighted by Gasteiger charge is -2.15. The SMILES string of the molecule is CCCc1ccc(CCC(CCC)NC)cc1. The Bertz CT molecular complexity index is 289. The average Bonchev–Trinajstić information content (AvgIpc) is 2.36. The van der Waals surface area contributed by atoms with Gasteiger partial charge in [-0.15, -0.1) is 0 Å². The van der Waals surface area contributed by atoms with E-state index in [1.807, 2.05) is 0 Å². The molecule has 0 aliphatic carbocycles. The monoisotopic (exact) mass is 233 g/mol. The fourth-order valence-corrected chi connectivity index (χ4v) is 2.28. The van der Waals surface area contributed by atoms with E-state index in [9.17, 15) is 0 Å². The molecule has 1 atom stereocenters. The Morgan fingerprint density at radius 1 is 0.882 bits per heavy atom. The molecule has 1 aromatic rings. The molecule has 1 aromatic carbocycles. The number of rotatable bonds is 8. The minimum Gasteiger partial charge on any atom is -0.317 e. The largest absolute Gasteiger partial charge is 0.317 e. The molecule has 0 fully saturated rings. The Labute approximate surface area is 107 Å². The van der Waals surface area contributed by atoms with Gasteiger partial charge < -0.3 is 5.32 Å². The molecule has 0 saturated carbocycles. The third-order valence-corrected chi connectivity index (χ3v) is 3.39. The van der Waals surface area contributed by atoms with E-state index in [1.54, 1.807) is 0 Å². The van der Waals surface area contributed by atoms with Crippen LogP contribution in [-0.2, 0) is 12.8 Å². The smallest absolute Gasteiger partial charge is 0.00671 e. The molecule has 0 spiro atoms. The van der Waals surface area contributed by atoms with Crippen molar-refractivity contribution in [3.8, 4) is 0 Å². The first-order valence-corrected chi connectivity index (χ1v) is 7.05. The van der Waals surface area contributed by atoms with Gasteiger partial charge in [0.2, 0.25) is 0 Å². The Morgan fingerprint density at radius 3 is 1.94 bits per heavy atom. The summed E-state index contributed by atoms with van der Waals surface area (Å²) in [6, 6.07) is 9.84. The third kappa shape index (κ3) is 5.36. The number of benzene rings is 1. The molecule has 0 bridgehead atoms. The van der Waals surface area contributed by atoms with Crippen molar-refractivity contribution >= 4 is 0 Å². The summed E-state index contributed by atoms with van der Waals surface area (Å²) in [7, 11) is 2.07. The van der Waals surface area contributed by atoms with E-state index >= 15 is 0 Å². The van der Waals surface area contributed by atoms with E-state index in [0.29, 0.717) is 6.04 Å². The van der Waals surface area contributed by atoms with Gasteiger partial charge >= 0.3 is 0 Å². The first-order chi connectivity index (χ1) is 8.30. The molecule has 0 heterocycles. The van der Waals surface area contributed by atoms with Gasteiger partial charge in [-0.2, -0.15) is 0 Å². The zero-order chi connectivity index (χ0) is 12.5. The molecule has 1 rings (SSSR count). The highest BCUT2D eigenvalue weighted by atomic mass is 14.9. The van der Waals surface area contributed by atoms with E-state index in [2.05, 4.69) is 50.5 Å². The van der Waals surface area contributed by atoms with Gasteiger partial charge in [0.1, 0.15) is 0 Å². The first kappa shape index (κ1) is 14.2. The molecule has 96 valence electrons. The highest BCUT2D eigenvalue weighted by Crippen LogP contribution is 2.11. The quantitative estimate of drug-likeness (QED) is 0.716. The zero-order valence-corrected chi connectivity index (χ0v) is 11.6. The second-order valence-electron chi connectivity index (χ2n) is 4.88. The minimum atomic E-state index is 0.676. The van der Waals surface area contributed by atoms with Crippen LogP contribution in [0.2, 0.25) is 0 Å². The van der Waals surface area contributed by atoms with Gasteiger partial charge in [-0.25, -0.2) is 0 Å². The zero-order valence-electron chi connectivity index (χ0n) is 11.6. The molecular weight excluding hydrogens is 206 g/mol. The summed E-state index contributed by atoms with van der Waals surface area (Å²) in [6.07, 6.45) is 7.42. The number of aryl methyl sites for hydroxylation is 2. The summed E-state index contributed by atoms with van der Waals surface area (Å²) in [5, 5.41) is 3.40. The van der Waals surface area contributed by atoms with Crippen molar-refractivity contribution in [2.24, 2.45) is 0 Å². The van der Waals surface area contributed by atoms with Crippen LogP contribution in [-0.4, -0.2) is 13.1 Å². The predicted molar refractivity (Wildman–Crippen MR) is 76.5 cm³/mol. The lowest BCUT2D eigenvalue weighted by molar-refractivity contribution is 0.484. The van der Waals surface area contributed by atoms with Gasteiger partial charge in [0.15, 0.2) is 0 Å². The van der Waals surface area contributed by atoms with Crippen molar-refractivity contribution in [3.05, 3.63) is 35.4 Å². The maximum Gasteiger partial charge on any atom is 0.00671 e. The fraction of sp³-hybridized carbons (Fsp3) is 0.625. The Kier molecular flexibility index (Phi) is 6.95. The highest BCUT2D eigenvalue weighted by molar-refractivity contribution is 5.22. The fourth-order valence-electron chi connectivity index (χ4n) is 2.28. The van der Waals surface area contributed by atoms with Crippen molar-refractivity contribution in [3.63, 3.8) is 0 Å². The highest BCUT2D eigenvalue weighted by Gasteiger charge is 2.04. The molecule has 1 N–H and O–H groups in total. The molecular formula is C16H27N. The lowest BCUT2D eigenvalue weighted by Crippen LogP contribution is -2.25. The number of nitrogens with one attached hydrogen (secondary N) is 1. The summed E-state index contributed by atoms with van der Waals surface area (Å²) >= 11 is 0. The van der Waals surface area contributed by atoms with Crippen molar-refractivity contribution in [2.45, 2.75) is 58.4 Å². The standard InChI is InChI=1S/C16H27N/c1-4-6-14-8-10-15(11-9-14)12-13-16(17-3)7-5-2/h8-11,16-17H,4-7,12-13H2,1-3H3. The van der Waals surface area contributed by atoms with Crippen LogP contribution in [0, 0.1) is 0 Å². The molecule has 0 amide bonds. The van der Waals surface area contributed by atoms with E-state index in [-0.39, 0.29) is 0 Å². The molecule has 0 saturated heterocycles. The first-order valence-electron chi connectivity index (χ1n) is 7.05. The van der Waals surface area contributed by atoms with Crippen LogP contribution >= 0.6 is 0 Å². The average molecular weight is 233 g/mol. The molecule has 0 aliphatic rings. The van der Waals surface area contributed by atoms with Crippen LogP contribution < -0.4 is 5.32 Å². The van der Waals surface area contributed by atoms with E-state index in [1.165, 1.54) is 49.7 Å². The van der Waals surface area contributed by atoms with Crippen LogP contribution in [0.25, 0.3) is 0 Å². The van der Waals surface area contributed by atoms with Crippen LogP contribution in [0.5, 0.6) is 0 Å². The summed E-state index contributed by atoms with van der Waals surface area (Å²) < 4.78 is 0. The molecule has 1 nitrogen and oxygen atoms in total. The second-order valence-corrected chi connectivity index (χ2v) is 4.88. The number of hydrogen-bond donors (Lipinski definition) is 1. The van der Waals surface area contributed by atoms with Gasteiger partial charge in [-0.05, 0) is 43.9 Å². The Hall–Kier alpha value is -0.820. The second kappa shape index (κ2) is 8.30. The van der Waals surface area contributed by atoms with Crippen LogP contribution in [0.1, 0.15) is 50.7 Å². The summed E-state index contributed by atoms with van der Waals surface area (Å²) in [5.41, 5.74) is 2.94. The number of hydrogen-bond acceptors (Lipinski definition) is 1. The van der Waals surface area contributed by atoms with Crippen LogP contribution in [0.15, 0.2) is 24.3 Å².